The van der Waals surface area contributed by atoms with Gasteiger partial charge in [0.1, 0.15) is 6.04 Å². The monoisotopic (exact) mass is 302 g/mol. The Morgan fingerprint density at radius 2 is 2.05 bits per heavy atom. The summed E-state index contributed by atoms with van der Waals surface area (Å²) in [5.41, 5.74) is 3.32. The lowest BCUT2D eigenvalue weighted by molar-refractivity contribution is -0.149. The topological polar surface area (TPSA) is 84.5 Å². The molecule has 1 saturated heterocycles. The van der Waals surface area contributed by atoms with E-state index in [1.807, 2.05) is 18.2 Å². The highest BCUT2D eigenvalue weighted by Gasteiger charge is 2.28. The van der Waals surface area contributed by atoms with Crippen LogP contribution in [0.4, 0.5) is 5.69 Å². The summed E-state index contributed by atoms with van der Waals surface area (Å²) < 4.78 is 4.94. The molecular formula is C16H18N2O4. The van der Waals surface area contributed by atoms with Crippen LogP contribution in [-0.4, -0.2) is 30.4 Å². The minimum atomic E-state index is -0.625. The van der Waals surface area contributed by atoms with Gasteiger partial charge in [0.15, 0.2) is 6.61 Å². The molecule has 1 heterocycles. The number of carbonyl (C=O) groups is 3. The van der Waals surface area contributed by atoms with Crippen LogP contribution in [0.5, 0.6) is 0 Å². The van der Waals surface area contributed by atoms with E-state index in [-0.39, 0.29) is 18.4 Å². The van der Waals surface area contributed by atoms with Crippen molar-refractivity contribution in [2.75, 3.05) is 11.9 Å². The van der Waals surface area contributed by atoms with Crippen LogP contribution in [0, 0.1) is 0 Å². The lowest BCUT2D eigenvalue weighted by Crippen LogP contribution is -2.36. The number of hydrogen-bond acceptors (Lipinski definition) is 4. The van der Waals surface area contributed by atoms with Crippen molar-refractivity contribution in [2.45, 2.75) is 38.1 Å². The van der Waals surface area contributed by atoms with Crippen LogP contribution in [0.25, 0.3) is 0 Å². The maximum atomic E-state index is 11.8. The maximum Gasteiger partial charge on any atom is 0.329 e. The summed E-state index contributed by atoms with van der Waals surface area (Å²) in [4.78, 5) is 34.5. The van der Waals surface area contributed by atoms with Crippen molar-refractivity contribution in [2.24, 2.45) is 0 Å². The number of esters is 1. The summed E-state index contributed by atoms with van der Waals surface area (Å²) in [6, 6.07) is 5.23. The molecule has 116 valence electrons. The van der Waals surface area contributed by atoms with Gasteiger partial charge < -0.3 is 15.4 Å². The van der Waals surface area contributed by atoms with E-state index in [0.29, 0.717) is 12.8 Å². The number of fused-ring (bicyclic) bond motifs is 1. The zero-order valence-electron chi connectivity index (χ0n) is 12.2. The van der Waals surface area contributed by atoms with E-state index in [2.05, 4.69) is 10.6 Å². The van der Waals surface area contributed by atoms with Crippen molar-refractivity contribution in [1.29, 1.82) is 0 Å². The molecule has 1 atom stereocenters. The van der Waals surface area contributed by atoms with Crippen molar-refractivity contribution >= 4 is 23.5 Å². The Kier molecular flexibility index (Phi) is 4.09. The third-order valence-corrected chi connectivity index (χ3v) is 4.01. The second-order valence-corrected chi connectivity index (χ2v) is 5.65. The molecule has 1 aromatic carbocycles. The maximum absolute atomic E-state index is 11.8. The van der Waals surface area contributed by atoms with Crippen LogP contribution < -0.4 is 10.6 Å². The molecule has 2 aliphatic rings. The van der Waals surface area contributed by atoms with Gasteiger partial charge in [0.25, 0.3) is 5.91 Å². The first-order valence-corrected chi connectivity index (χ1v) is 7.49. The molecule has 6 heteroatoms. The standard InChI is InChI=1S/C16H18N2O4/c19-14-7-6-13(18-14)16(21)22-9-15(20)17-12-5-4-10-2-1-3-11(10)8-12/h4-5,8,13H,1-3,6-7,9H2,(H,17,20)(H,18,19)/t13-/m0/s1. The van der Waals surface area contributed by atoms with Crippen LogP contribution in [0.1, 0.15) is 30.4 Å². The Labute approximate surface area is 128 Å². The number of benzene rings is 1. The van der Waals surface area contributed by atoms with E-state index in [4.69, 9.17) is 4.74 Å². The minimum absolute atomic E-state index is 0.162. The highest BCUT2D eigenvalue weighted by Crippen LogP contribution is 2.24. The SMILES string of the molecule is O=C(COC(=O)[C@@H]1CCC(=O)N1)Nc1ccc2c(c1)CCC2. The molecule has 2 amide bonds. The summed E-state index contributed by atoms with van der Waals surface area (Å²) in [5, 5.41) is 5.23. The third kappa shape index (κ3) is 3.27. The quantitative estimate of drug-likeness (QED) is 0.811. The molecule has 1 aliphatic heterocycles. The Bertz CT molecular complexity index is 627. The largest absolute Gasteiger partial charge is 0.454 e. The Balaban J connectivity index is 1.48. The fourth-order valence-electron chi connectivity index (χ4n) is 2.87. The Hall–Kier alpha value is -2.37. The predicted molar refractivity (Wildman–Crippen MR) is 79.2 cm³/mol. The lowest BCUT2D eigenvalue weighted by atomic mass is 10.1. The van der Waals surface area contributed by atoms with Crippen molar-refractivity contribution in [3.8, 4) is 0 Å². The molecule has 1 aromatic rings. The molecule has 0 aromatic heterocycles. The molecule has 0 saturated carbocycles. The van der Waals surface area contributed by atoms with Gasteiger partial charge in [-0.3, -0.25) is 9.59 Å². The van der Waals surface area contributed by atoms with Crippen molar-refractivity contribution in [3.63, 3.8) is 0 Å². The van der Waals surface area contributed by atoms with Gasteiger partial charge in [-0.2, -0.15) is 0 Å². The highest BCUT2D eigenvalue weighted by atomic mass is 16.5. The molecule has 0 unspecified atom stereocenters. The van der Waals surface area contributed by atoms with Crippen molar-refractivity contribution < 1.29 is 19.1 Å². The zero-order valence-corrected chi connectivity index (χ0v) is 12.2. The predicted octanol–water partition coefficient (Wildman–Crippen LogP) is 0.936. The van der Waals surface area contributed by atoms with E-state index in [9.17, 15) is 14.4 Å². The summed E-state index contributed by atoms with van der Waals surface area (Å²) in [6.07, 6.45) is 4.02. The first kappa shape index (κ1) is 14.6. The first-order valence-electron chi connectivity index (χ1n) is 7.49. The van der Waals surface area contributed by atoms with Gasteiger partial charge in [0.2, 0.25) is 5.91 Å². The Morgan fingerprint density at radius 3 is 2.82 bits per heavy atom. The molecule has 0 bridgehead atoms. The van der Waals surface area contributed by atoms with Gasteiger partial charge in [0.05, 0.1) is 0 Å². The van der Waals surface area contributed by atoms with Gasteiger partial charge in [-0.05, 0) is 48.9 Å². The number of ether oxygens (including phenoxy) is 1. The molecular weight excluding hydrogens is 284 g/mol. The van der Waals surface area contributed by atoms with E-state index in [0.717, 1.165) is 24.9 Å². The van der Waals surface area contributed by atoms with Crippen LogP contribution in [0.3, 0.4) is 0 Å². The average molecular weight is 302 g/mol. The normalized spacial score (nSPS) is 19.5. The van der Waals surface area contributed by atoms with Gasteiger partial charge in [-0.1, -0.05) is 6.07 Å². The summed E-state index contributed by atoms with van der Waals surface area (Å²) >= 11 is 0. The fourth-order valence-corrected chi connectivity index (χ4v) is 2.87. The van der Waals surface area contributed by atoms with Crippen LogP contribution in [0.15, 0.2) is 18.2 Å². The summed E-state index contributed by atoms with van der Waals surface area (Å²) in [6.45, 7) is -0.345. The average Bonchev–Trinajstić information content (AvgIpc) is 3.13. The number of aryl methyl sites for hydroxylation is 2. The van der Waals surface area contributed by atoms with Gasteiger partial charge in [-0.15, -0.1) is 0 Å². The lowest BCUT2D eigenvalue weighted by Gasteiger charge is -2.11. The molecule has 3 rings (SSSR count). The molecule has 6 nitrogen and oxygen atoms in total. The van der Waals surface area contributed by atoms with Gasteiger partial charge >= 0.3 is 5.97 Å². The number of rotatable bonds is 4. The minimum Gasteiger partial charge on any atom is -0.454 e. The number of nitrogens with one attached hydrogen (secondary N) is 2. The Morgan fingerprint density at radius 1 is 1.23 bits per heavy atom. The van der Waals surface area contributed by atoms with Crippen molar-refractivity contribution in [1.82, 2.24) is 5.32 Å². The highest BCUT2D eigenvalue weighted by molar-refractivity contribution is 5.94. The second kappa shape index (κ2) is 6.17. The molecule has 1 fully saturated rings. The molecule has 0 radical (unpaired) electrons. The summed E-state index contributed by atoms with van der Waals surface area (Å²) in [5.74, 6) is -1.10. The van der Waals surface area contributed by atoms with Crippen LogP contribution >= 0.6 is 0 Å². The number of carbonyl (C=O) groups excluding carboxylic acids is 3. The van der Waals surface area contributed by atoms with Gasteiger partial charge in [-0.25, -0.2) is 4.79 Å². The second-order valence-electron chi connectivity index (χ2n) is 5.65. The number of anilines is 1. The first-order chi connectivity index (χ1) is 10.6. The molecule has 1 aliphatic carbocycles. The molecule has 2 N–H and O–H groups in total. The molecule has 0 spiro atoms. The van der Waals surface area contributed by atoms with Gasteiger partial charge in [0, 0.05) is 12.1 Å². The van der Waals surface area contributed by atoms with Crippen molar-refractivity contribution in [3.05, 3.63) is 29.3 Å². The fraction of sp³-hybridized carbons (Fsp3) is 0.438. The number of hydrogen-bond donors (Lipinski definition) is 2. The number of amides is 2. The zero-order chi connectivity index (χ0) is 15.5. The third-order valence-electron chi connectivity index (χ3n) is 4.01. The van der Waals surface area contributed by atoms with E-state index in [1.165, 1.54) is 11.1 Å². The summed E-state index contributed by atoms with van der Waals surface area (Å²) in [7, 11) is 0. The van der Waals surface area contributed by atoms with E-state index in [1.54, 1.807) is 0 Å². The molecule has 22 heavy (non-hydrogen) atoms. The smallest absolute Gasteiger partial charge is 0.329 e. The van der Waals surface area contributed by atoms with E-state index >= 15 is 0 Å². The van der Waals surface area contributed by atoms with Crippen LogP contribution in [-0.2, 0) is 32.0 Å². The van der Waals surface area contributed by atoms with Crippen LogP contribution in [0.2, 0.25) is 0 Å². The van der Waals surface area contributed by atoms with E-state index < -0.39 is 12.0 Å².